The fourth-order valence-electron chi connectivity index (χ4n) is 12.0. The predicted molar refractivity (Wildman–Crippen MR) is 183 cm³/mol. The highest BCUT2D eigenvalue weighted by Crippen LogP contribution is 2.63. The predicted octanol–water partition coefficient (Wildman–Crippen LogP) is 7.37. The molecule has 8 saturated heterocycles. The van der Waals surface area contributed by atoms with Crippen LogP contribution >= 0.6 is 0 Å². The van der Waals surface area contributed by atoms with E-state index >= 15 is 0 Å². The van der Waals surface area contributed by atoms with Crippen LogP contribution < -0.4 is 5.32 Å². The summed E-state index contributed by atoms with van der Waals surface area (Å²) in [4.78, 5) is 38.8. The average molecular weight is 723 g/mol. The SMILES string of the molecule is C[C@H]1[C@@H]([C@H](C[C@H]2O[C@@H]3O[C@@]4(C)CC[C@H]5[C@H](C)CC[C@@H]([C@H]2C)[C@@]35OO4)OC(=O)Nc2ccc(C#N)cc2)O[C@@H]2O[C@@]3(C)CC[C@H]4[C@H](C)CC[C@@H]1[C@@]24OO3. The van der Waals surface area contributed by atoms with Gasteiger partial charge in [-0.05, 0) is 112 Å². The van der Waals surface area contributed by atoms with E-state index in [1.807, 2.05) is 13.8 Å². The molecule has 10 fully saturated rings. The van der Waals surface area contributed by atoms with Gasteiger partial charge in [0.1, 0.15) is 12.2 Å². The van der Waals surface area contributed by atoms with Crippen LogP contribution in [0.1, 0.15) is 105 Å². The highest BCUT2D eigenvalue weighted by atomic mass is 17.3. The summed E-state index contributed by atoms with van der Waals surface area (Å²) < 4.78 is 33.9. The molecule has 4 bridgehead atoms. The van der Waals surface area contributed by atoms with Gasteiger partial charge in [-0.3, -0.25) is 5.32 Å². The molecule has 284 valence electrons. The lowest BCUT2D eigenvalue weighted by molar-refractivity contribution is -0.573. The number of fused-ring (bicyclic) bond motifs is 4. The first-order valence-corrected chi connectivity index (χ1v) is 19.8. The molecular weight excluding hydrogens is 668 g/mol. The zero-order valence-electron chi connectivity index (χ0n) is 31.2. The molecule has 1 N–H and O–H groups in total. The summed E-state index contributed by atoms with van der Waals surface area (Å²) in [5.41, 5.74) is -0.396. The summed E-state index contributed by atoms with van der Waals surface area (Å²) in [5, 5.41) is 12.2. The van der Waals surface area contributed by atoms with Crippen molar-refractivity contribution in [3.8, 4) is 6.07 Å². The van der Waals surface area contributed by atoms with Crippen molar-refractivity contribution in [3.05, 3.63) is 29.8 Å². The number of anilines is 1. The van der Waals surface area contributed by atoms with E-state index < -0.39 is 53.7 Å². The Labute approximate surface area is 306 Å². The van der Waals surface area contributed by atoms with E-state index in [2.05, 4.69) is 39.1 Å². The van der Waals surface area contributed by atoms with Gasteiger partial charge in [0.15, 0.2) is 23.8 Å². The van der Waals surface area contributed by atoms with Crippen molar-refractivity contribution in [2.75, 3.05) is 5.32 Å². The van der Waals surface area contributed by atoms with Crippen molar-refractivity contribution in [1.29, 1.82) is 5.26 Å². The second-order valence-corrected chi connectivity index (χ2v) is 17.8. The minimum absolute atomic E-state index is 0.0551. The van der Waals surface area contributed by atoms with Gasteiger partial charge in [0, 0.05) is 36.8 Å². The summed E-state index contributed by atoms with van der Waals surface area (Å²) in [6.07, 6.45) is 4.37. The topological polar surface area (TPSA) is 136 Å². The minimum atomic E-state index is -0.926. The minimum Gasteiger partial charge on any atom is -0.443 e. The number of hydrogen-bond donors (Lipinski definition) is 1. The average Bonchev–Trinajstić information content (AvgIpc) is 3.50. The van der Waals surface area contributed by atoms with Gasteiger partial charge >= 0.3 is 6.09 Å². The quantitative estimate of drug-likeness (QED) is 0.305. The number of ether oxygens (including phenoxy) is 5. The Bertz CT molecular complexity index is 1590. The molecule has 2 aliphatic carbocycles. The summed E-state index contributed by atoms with van der Waals surface area (Å²) >= 11 is 0. The zero-order valence-corrected chi connectivity index (χ0v) is 31.2. The normalized spacial score (nSPS) is 50.8. The molecule has 52 heavy (non-hydrogen) atoms. The van der Waals surface area contributed by atoms with E-state index in [9.17, 15) is 10.1 Å². The Hall–Kier alpha value is -2.34. The van der Waals surface area contributed by atoms with E-state index in [1.165, 1.54) is 0 Å². The molecule has 0 radical (unpaired) electrons. The molecule has 2 spiro atoms. The van der Waals surface area contributed by atoms with E-state index in [0.29, 0.717) is 35.9 Å². The number of nitrogens with zero attached hydrogens (tertiary/aromatic N) is 1. The molecule has 17 atom stereocenters. The van der Waals surface area contributed by atoms with Gasteiger partial charge in [-0.1, -0.05) is 27.7 Å². The molecule has 8 aliphatic heterocycles. The third kappa shape index (κ3) is 5.32. The zero-order chi connectivity index (χ0) is 36.2. The summed E-state index contributed by atoms with van der Waals surface area (Å²) in [6.45, 7) is 12.9. The standard InChI is InChI=1S/C40H54N2O10/c1-21-7-13-29-23(3)31(44-34-39(29)27(21)15-17-37(5,47-34)49-51-39)19-32(45-36(43)42-26-11-9-25(20-41)10-12-26)33-24(4)30-14-8-22(2)28-16-18-38(6)48-35(46-33)40(28,30)52-50-38/h9-12,21-24,27-35H,7-8,13-19H2,1-6H3,(H,42,43)/t21-,22-,23-,24-,27+,28+,29+,30+,31-,32+,33+,34-,35-,37-,38-,39-,40-/m1/s1. The molecule has 12 nitrogen and oxygen atoms in total. The highest BCUT2D eigenvalue weighted by molar-refractivity contribution is 5.84. The summed E-state index contributed by atoms with van der Waals surface area (Å²) in [6, 6.07) is 8.84. The van der Waals surface area contributed by atoms with Crippen molar-refractivity contribution in [2.45, 2.75) is 153 Å². The van der Waals surface area contributed by atoms with Crippen LogP contribution in [0.5, 0.6) is 0 Å². The maximum Gasteiger partial charge on any atom is 0.411 e. The van der Waals surface area contributed by atoms with Gasteiger partial charge in [0.2, 0.25) is 11.6 Å². The van der Waals surface area contributed by atoms with Gasteiger partial charge < -0.3 is 23.7 Å². The first kappa shape index (κ1) is 35.4. The molecule has 12 heteroatoms. The Morgan fingerprint density at radius 1 is 0.788 bits per heavy atom. The van der Waals surface area contributed by atoms with Gasteiger partial charge in [-0.15, -0.1) is 0 Å². The monoisotopic (exact) mass is 722 g/mol. The van der Waals surface area contributed by atoms with Crippen molar-refractivity contribution < 1.29 is 48.0 Å². The van der Waals surface area contributed by atoms with Crippen LogP contribution in [0.3, 0.4) is 0 Å². The largest absolute Gasteiger partial charge is 0.443 e. The molecule has 1 aromatic carbocycles. The van der Waals surface area contributed by atoms with Crippen molar-refractivity contribution in [3.63, 3.8) is 0 Å². The Morgan fingerprint density at radius 2 is 1.35 bits per heavy atom. The second kappa shape index (κ2) is 12.6. The van der Waals surface area contributed by atoms with Crippen LogP contribution in [0, 0.1) is 58.7 Å². The van der Waals surface area contributed by atoms with Gasteiger partial charge in [-0.25, -0.2) is 24.3 Å². The van der Waals surface area contributed by atoms with Crippen LogP contribution in [0.4, 0.5) is 10.5 Å². The number of amides is 1. The Morgan fingerprint density at radius 3 is 1.92 bits per heavy atom. The number of rotatable bonds is 5. The highest BCUT2D eigenvalue weighted by Gasteiger charge is 2.72. The number of carbonyl (C=O) groups excluding carboxylic acids is 1. The molecule has 8 heterocycles. The maximum absolute atomic E-state index is 13.8. The van der Waals surface area contributed by atoms with Crippen LogP contribution in [0.15, 0.2) is 24.3 Å². The molecule has 0 aromatic heterocycles. The summed E-state index contributed by atoms with van der Waals surface area (Å²) in [7, 11) is 0. The lowest BCUT2D eigenvalue weighted by atomic mass is 9.56. The molecular formula is C40H54N2O10. The van der Waals surface area contributed by atoms with E-state index in [4.69, 9.17) is 43.2 Å². The van der Waals surface area contributed by atoms with Crippen LogP contribution in [0.25, 0.3) is 0 Å². The lowest BCUT2D eigenvalue weighted by Gasteiger charge is -2.62. The molecule has 10 aliphatic rings. The molecule has 1 aromatic rings. The molecule has 11 rings (SSSR count). The van der Waals surface area contributed by atoms with Crippen molar-refractivity contribution in [1.82, 2.24) is 0 Å². The van der Waals surface area contributed by atoms with E-state index in [0.717, 1.165) is 44.9 Å². The maximum atomic E-state index is 13.8. The third-order valence-corrected chi connectivity index (χ3v) is 14.9. The van der Waals surface area contributed by atoms with Crippen LogP contribution in [0.2, 0.25) is 0 Å². The van der Waals surface area contributed by atoms with E-state index in [-0.39, 0.29) is 41.6 Å². The van der Waals surface area contributed by atoms with Crippen LogP contribution in [-0.4, -0.2) is 59.8 Å². The molecule has 0 unspecified atom stereocenters. The van der Waals surface area contributed by atoms with Crippen molar-refractivity contribution >= 4 is 11.8 Å². The van der Waals surface area contributed by atoms with Crippen molar-refractivity contribution in [2.24, 2.45) is 47.3 Å². The van der Waals surface area contributed by atoms with Gasteiger partial charge in [0.25, 0.3) is 0 Å². The smallest absolute Gasteiger partial charge is 0.411 e. The second-order valence-electron chi connectivity index (χ2n) is 17.8. The molecule has 2 saturated carbocycles. The first-order valence-electron chi connectivity index (χ1n) is 19.8. The van der Waals surface area contributed by atoms with Gasteiger partial charge in [-0.2, -0.15) is 5.26 Å². The third-order valence-electron chi connectivity index (χ3n) is 14.9. The number of benzene rings is 1. The number of hydrogen-bond acceptors (Lipinski definition) is 11. The van der Waals surface area contributed by atoms with Crippen LogP contribution in [-0.2, 0) is 43.2 Å². The fraction of sp³-hybridized carbons (Fsp3) is 0.800. The Balaban J connectivity index is 1.04. The number of carbonyl (C=O) groups is 1. The van der Waals surface area contributed by atoms with Gasteiger partial charge in [0.05, 0.1) is 17.7 Å². The lowest BCUT2D eigenvalue weighted by Crippen LogP contribution is -2.72. The summed E-state index contributed by atoms with van der Waals surface area (Å²) in [5.74, 6) is -0.274. The Kier molecular flexibility index (Phi) is 8.57. The number of nitrogens with one attached hydrogen (secondary N) is 1. The number of nitriles is 1. The first-order chi connectivity index (χ1) is 24.9. The van der Waals surface area contributed by atoms with E-state index in [1.54, 1.807) is 24.3 Å². The fourth-order valence-corrected chi connectivity index (χ4v) is 12.0. The molecule has 1 amide bonds.